The number of alkyl halides is 3. The van der Waals surface area contributed by atoms with Crippen molar-refractivity contribution >= 4 is 40.9 Å². The first kappa shape index (κ1) is 51.3. The molecule has 0 spiro atoms. The Morgan fingerprint density at radius 1 is 0.500 bits per heavy atom. The van der Waals surface area contributed by atoms with E-state index in [4.69, 9.17) is 11.6 Å². The van der Waals surface area contributed by atoms with Crippen LogP contribution in [-0.2, 0) is 6.18 Å². The molecule has 7 aromatic carbocycles. The lowest BCUT2D eigenvalue weighted by molar-refractivity contribution is -0.385. The summed E-state index contributed by atoms with van der Waals surface area (Å²) < 4.78 is 38.9. The zero-order chi connectivity index (χ0) is 51.0. The minimum atomic E-state index is -4.61. The van der Waals surface area contributed by atoms with Crippen LogP contribution in [0.2, 0.25) is 5.02 Å². The van der Waals surface area contributed by atoms with Gasteiger partial charge in [-0.2, -0.15) is 13.2 Å². The molecule has 70 heavy (non-hydrogen) atoms. The van der Waals surface area contributed by atoms with Crippen LogP contribution < -0.4 is 10.9 Å². The Hall–Kier alpha value is -8.10. The highest BCUT2D eigenvalue weighted by Crippen LogP contribution is 2.37. The quantitative estimate of drug-likeness (QED) is 0.115. The molecule has 0 aromatic heterocycles. The van der Waals surface area contributed by atoms with Crippen LogP contribution in [0.1, 0.15) is 88.5 Å². The van der Waals surface area contributed by atoms with Crippen molar-refractivity contribution in [3.05, 3.63) is 219 Å². The predicted octanol–water partition coefficient (Wildman–Crippen LogP) is 13.1. The highest BCUT2D eigenvalue weighted by molar-refractivity contribution is 6.33. The molecule has 358 valence electrons. The highest BCUT2D eigenvalue weighted by atomic mass is 35.5. The second-order valence-electron chi connectivity index (χ2n) is 17.9. The Morgan fingerprint density at radius 3 is 1.33 bits per heavy atom. The summed E-state index contributed by atoms with van der Waals surface area (Å²) in [5.74, 6) is -2.02. The van der Waals surface area contributed by atoms with Crippen molar-refractivity contribution < 1.29 is 37.3 Å². The summed E-state index contributed by atoms with van der Waals surface area (Å²) in [5, 5.41) is 14.0. The molecule has 2 N–H and O–H groups in total. The lowest BCUT2D eigenvalue weighted by atomic mass is 9.99. The largest absolute Gasteiger partial charge is 0.416 e. The molecule has 0 unspecified atom stereocenters. The molecule has 4 amide bonds. The normalized spacial score (nSPS) is 11.3. The first-order valence-electron chi connectivity index (χ1n) is 21.9. The number of hydrogen-bond donors (Lipinski definition) is 2. The molecule has 0 saturated carbocycles. The van der Waals surface area contributed by atoms with Crippen LogP contribution >= 0.6 is 11.6 Å². The van der Waals surface area contributed by atoms with Gasteiger partial charge in [-0.15, -0.1) is 0 Å². The molecule has 0 aliphatic rings. The van der Waals surface area contributed by atoms with Gasteiger partial charge in [0.05, 0.1) is 21.6 Å². The number of nitrogens with zero attached hydrogens (tertiary/aromatic N) is 3. The van der Waals surface area contributed by atoms with Crippen molar-refractivity contribution in [2.24, 2.45) is 0 Å². The van der Waals surface area contributed by atoms with Gasteiger partial charge < -0.3 is 0 Å². The number of amides is 4. The fraction of sp³-hybridized carbons (Fsp3) is 0.164. The molecule has 15 heteroatoms. The van der Waals surface area contributed by atoms with E-state index in [-0.39, 0.29) is 39.1 Å². The maximum atomic E-state index is 13.4. The van der Waals surface area contributed by atoms with Gasteiger partial charge in [-0.05, 0) is 124 Å². The maximum absolute atomic E-state index is 13.4. The van der Waals surface area contributed by atoms with Crippen LogP contribution in [0.4, 0.5) is 18.9 Å². The van der Waals surface area contributed by atoms with Gasteiger partial charge >= 0.3 is 6.18 Å². The van der Waals surface area contributed by atoms with Crippen LogP contribution in [0.25, 0.3) is 33.4 Å². The van der Waals surface area contributed by atoms with Crippen LogP contribution in [0.3, 0.4) is 0 Å². The second kappa shape index (κ2) is 21.5. The maximum Gasteiger partial charge on any atom is 0.416 e. The lowest BCUT2D eigenvalue weighted by Crippen LogP contribution is -2.56. The third-order valence-electron chi connectivity index (χ3n) is 10.7. The van der Waals surface area contributed by atoms with Gasteiger partial charge in [-0.1, -0.05) is 127 Å². The monoisotopic (exact) mass is 967 g/mol. The molecule has 0 bridgehead atoms. The van der Waals surface area contributed by atoms with E-state index in [0.29, 0.717) is 11.1 Å². The molecule has 11 nitrogen and oxygen atoms in total. The molecule has 7 rings (SSSR count). The average Bonchev–Trinajstić information content (AvgIpc) is 3.34. The number of hydrazine groups is 2. The molecule has 0 saturated heterocycles. The van der Waals surface area contributed by atoms with Gasteiger partial charge in [0.25, 0.3) is 29.3 Å². The Labute approximate surface area is 408 Å². The lowest BCUT2D eigenvalue weighted by Gasteiger charge is -2.35. The Morgan fingerprint density at radius 2 is 0.900 bits per heavy atom. The van der Waals surface area contributed by atoms with Crippen LogP contribution in [0.5, 0.6) is 0 Å². The van der Waals surface area contributed by atoms with Crippen LogP contribution in [0.15, 0.2) is 176 Å². The van der Waals surface area contributed by atoms with Gasteiger partial charge in [0.15, 0.2) is 0 Å². The number of carbonyl (C=O) groups is 4. The third-order valence-corrected chi connectivity index (χ3v) is 11.0. The smallest absolute Gasteiger partial charge is 0.267 e. The van der Waals surface area contributed by atoms with Crippen molar-refractivity contribution in [2.45, 2.75) is 58.8 Å². The van der Waals surface area contributed by atoms with Crippen molar-refractivity contribution in [2.75, 3.05) is 0 Å². The molecule has 0 heterocycles. The summed E-state index contributed by atoms with van der Waals surface area (Å²) in [4.78, 5) is 63.6. The summed E-state index contributed by atoms with van der Waals surface area (Å²) in [6, 6.07) is 49.1. The molecule has 0 radical (unpaired) electrons. The number of hydrogen-bond acceptors (Lipinski definition) is 6. The summed E-state index contributed by atoms with van der Waals surface area (Å²) in [5.41, 5.74) is 7.62. The van der Waals surface area contributed by atoms with Gasteiger partial charge in [0.1, 0.15) is 5.56 Å². The molecular formula is C55H49ClF3N5O6. The van der Waals surface area contributed by atoms with Crippen LogP contribution in [0, 0.1) is 10.1 Å². The van der Waals surface area contributed by atoms with Crippen molar-refractivity contribution in [1.29, 1.82) is 0 Å². The predicted molar refractivity (Wildman–Crippen MR) is 266 cm³/mol. The van der Waals surface area contributed by atoms with E-state index < -0.39 is 45.2 Å². The van der Waals surface area contributed by atoms with Crippen LogP contribution in [-0.4, -0.2) is 49.6 Å². The van der Waals surface area contributed by atoms with Crippen molar-refractivity contribution in [3.63, 3.8) is 0 Å². The Balaban J connectivity index is 0.000000230. The van der Waals surface area contributed by atoms with E-state index >= 15 is 0 Å². The number of nitro benzene ring substituents is 1. The van der Waals surface area contributed by atoms with E-state index in [9.17, 15) is 42.5 Å². The first-order chi connectivity index (χ1) is 33.0. The SMILES string of the molecule is CC(C)(C)N(NC(=O)c1ccc(-c2ccccc2)cc1)C(=O)c1ccc(-c2ccccc2)cc1.CC(C)(C)N(NC(=O)c1ccccc1)C(=O)c1ccc(-c2ccc(C(F)(F)F)cc2Cl)cc1[N+](=O)[O-]. The number of rotatable bonds is 8. The second-order valence-corrected chi connectivity index (χ2v) is 18.3. The molecule has 7 aromatic rings. The van der Waals surface area contributed by atoms with Crippen molar-refractivity contribution in [1.82, 2.24) is 20.9 Å². The summed E-state index contributed by atoms with van der Waals surface area (Å²) >= 11 is 6.04. The number of carbonyl (C=O) groups excluding carboxylic acids is 4. The van der Waals surface area contributed by atoms with Gasteiger partial charge in [-0.3, -0.25) is 40.1 Å². The molecule has 0 aliphatic heterocycles. The fourth-order valence-corrected chi connectivity index (χ4v) is 7.34. The molecule has 0 fully saturated rings. The average molecular weight is 968 g/mol. The molecule has 0 atom stereocenters. The Bertz CT molecular complexity index is 3000. The van der Waals surface area contributed by atoms with Gasteiger partial charge in [-0.25, -0.2) is 10.0 Å². The van der Waals surface area contributed by atoms with Gasteiger partial charge in [0.2, 0.25) is 0 Å². The zero-order valence-electron chi connectivity index (χ0n) is 39.0. The summed E-state index contributed by atoms with van der Waals surface area (Å²) in [6.07, 6.45) is -4.61. The van der Waals surface area contributed by atoms with E-state index in [0.717, 1.165) is 51.5 Å². The molecule has 0 aliphatic carbocycles. The number of benzene rings is 7. The summed E-state index contributed by atoms with van der Waals surface area (Å²) in [7, 11) is 0. The number of halogens is 4. The standard InChI is InChI=1S/C30H28N2O2.C25H21ClF3N3O4/c1-30(2,3)32(29(34)27-20-16-25(17-21-27)23-12-8-5-9-13-23)31-28(33)26-18-14-24(15-19-26)22-10-6-4-7-11-22;1-24(2,3)31(30-22(33)15-7-5-4-6-8-15)23(34)19-11-9-16(13-21(19)32(35)36)18-12-10-17(14-20(18)26)25(27,28)29/h4-21H,1-3H3,(H,31,33);4-14H,1-3H3,(H,30,33). The van der Waals surface area contributed by atoms with E-state index in [1.807, 2.05) is 106 Å². The highest BCUT2D eigenvalue weighted by Gasteiger charge is 2.35. The van der Waals surface area contributed by atoms with E-state index in [1.165, 1.54) is 17.1 Å². The minimum absolute atomic E-state index is 0.122. The van der Waals surface area contributed by atoms with E-state index in [2.05, 4.69) is 10.9 Å². The minimum Gasteiger partial charge on any atom is -0.267 e. The van der Waals surface area contributed by atoms with Gasteiger partial charge in [0, 0.05) is 33.3 Å². The first-order valence-corrected chi connectivity index (χ1v) is 22.2. The number of nitrogens with one attached hydrogen (secondary N) is 2. The van der Waals surface area contributed by atoms with Crippen molar-refractivity contribution in [3.8, 4) is 33.4 Å². The number of nitro groups is 1. The topological polar surface area (TPSA) is 142 Å². The molecular weight excluding hydrogens is 919 g/mol. The fourth-order valence-electron chi connectivity index (χ4n) is 7.05. The zero-order valence-corrected chi connectivity index (χ0v) is 39.8. The third kappa shape index (κ3) is 12.7. The Kier molecular flexibility index (Phi) is 15.7. The van der Waals surface area contributed by atoms with E-state index in [1.54, 1.807) is 75.4 Å². The summed E-state index contributed by atoms with van der Waals surface area (Å²) in [6.45, 7) is 10.6.